The monoisotopic (exact) mass is 305 g/mol. The zero-order valence-electron chi connectivity index (χ0n) is 13.1. The van der Waals surface area contributed by atoms with Gasteiger partial charge in [0.1, 0.15) is 12.6 Å². The van der Waals surface area contributed by atoms with E-state index in [1.165, 1.54) is 4.90 Å². The zero-order chi connectivity index (χ0) is 16.1. The molecule has 0 spiro atoms. The Morgan fingerprint density at radius 2 is 2.00 bits per heavy atom. The lowest BCUT2D eigenvalue weighted by molar-refractivity contribution is -0.145. The van der Waals surface area contributed by atoms with Crippen LogP contribution in [-0.4, -0.2) is 34.7 Å². The Labute approximate surface area is 130 Å². The predicted molar refractivity (Wildman–Crippen MR) is 82.3 cm³/mol. The van der Waals surface area contributed by atoms with E-state index in [1.54, 1.807) is 0 Å². The molecule has 1 heterocycles. The molecule has 1 aliphatic rings. The van der Waals surface area contributed by atoms with Crippen LogP contribution in [0.4, 0.5) is 4.79 Å². The third kappa shape index (κ3) is 4.00. The van der Waals surface area contributed by atoms with Crippen LogP contribution in [0.1, 0.15) is 32.3 Å². The number of hydrogen-bond acceptors (Lipinski definition) is 3. The Hall–Kier alpha value is -2.04. The van der Waals surface area contributed by atoms with Gasteiger partial charge in [0.05, 0.1) is 0 Å². The summed E-state index contributed by atoms with van der Waals surface area (Å²) < 4.78 is 5.27. The summed E-state index contributed by atoms with van der Waals surface area (Å²) in [6.45, 7) is 4.78. The van der Waals surface area contributed by atoms with Crippen molar-refractivity contribution in [3.63, 3.8) is 0 Å². The number of carbonyl (C=O) groups excluding carboxylic acids is 1. The van der Waals surface area contributed by atoms with Crippen LogP contribution in [-0.2, 0) is 16.1 Å². The first kappa shape index (κ1) is 16.3. The van der Waals surface area contributed by atoms with Crippen molar-refractivity contribution in [2.24, 2.45) is 11.8 Å². The minimum atomic E-state index is -0.956. The van der Waals surface area contributed by atoms with Gasteiger partial charge in [0, 0.05) is 6.54 Å². The van der Waals surface area contributed by atoms with Gasteiger partial charge in [0.25, 0.3) is 0 Å². The van der Waals surface area contributed by atoms with E-state index in [0.717, 1.165) is 12.0 Å². The Kier molecular flexibility index (Phi) is 5.41. The number of aliphatic carboxylic acids is 1. The van der Waals surface area contributed by atoms with Crippen molar-refractivity contribution < 1.29 is 19.4 Å². The van der Waals surface area contributed by atoms with Crippen molar-refractivity contribution in [3.8, 4) is 0 Å². The van der Waals surface area contributed by atoms with Gasteiger partial charge in [0.2, 0.25) is 0 Å². The van der Waals surface area contributed by atoms with Gasteiger partial charge in [-0.25, -0.2) is 9.59 Å². The maximum atomic E-state index is 12.2. The lowest BCUT2D eigenvalue weighted by Crippen LogP contribution is -2.50. The number of ether oxygens (including phenoxy) is 1. The van der Waals surface area contributed by atoms with Crippen molar-refractivity contribution in [2.75, 3.05) is 6.54 Å². The van der Waals surface area contributed by atoms with Crippen molar-refractivity contribution in [2.45, 2.75) is 39.3 Å². The van der Waals surface area contributed by atoms with E-state index in [9.17, 15) is 14.7 Å². The number of hydrogen-bond donors (Lipinski definition) is 1. The minimum Gasteiger partial charge on any atom is -0.480 e. The van der Waals surface area contributed by atoms with Gasteiger partial charge < -0.3 is 9.84 Å². The number of rotatable bonds is 4. The zero-order valence-corrected chi connectivity index (χ0v) is 13.1. The highest BCUT2D eigenvalue weighted by Gasteiger charge is 2.37. The topological polar surface area (TPSA) is 66.8 Å². The molecule has 1 saturated heterocycles. The third-order valence-electron chi connectivity index (χ3n) is 4.31. The van der Waals surface area contributed by atoms with Crippen LogP contribution >= 0.6 is 0 Å². The van der Waals surface area contributed by atoms with Crippen LogP contribution in [0.15, 0.2) is 30.3 Å². The first-order chi connectivity index (χ1) is 10.5. The van der Waals surface area contributed by atoms with E-state index in [0.29, 0.717) is 24.8 Å². The van der Waals surface area contributed by atoms with Gasteiger partial charge in [-0.05, 0) is 30.2 Å². The van der Waals surface area contributed by atoms with Crippen LogP contribution in [0, 0.1) is 11.8 Å². The number of likely N-dealkylation sites (tertiary alicyclic amines) is 1. The smallest absolute Gasteiger partial charge is 0.410 e. The summed E-state index contributed by atoms with van der Waals surface area (Å²) in [5.41, 5.74) is 0.889. The van der Waals surface area contributed by atoms with E-state index in [4.69, 9.17) is 4.74 Å². The molecule has 0 aromatic heterocycles. The van der Waals surface area contributed by atoms with E-state index < -0.39 is 18.1 Å². The third-order valence-corrected chi connectivity index (χ3v) is 4.31. The van der Waals surface area contributed by atoms with Crippen LogP contribution in [0.2, 0.25) is 0 Å². The number of carboxylic acids is 1. The summed E-state index contributed by atoms with van der Waals surface area (Å²) in [5, 5.41) is 9.39. The van der Waals surface area contributed by atoms with Crippen LogP contribution in [0.25, 0.3) is 0 Å². The largest absolute Gasteiger partial charge is 0.480 e. The molecule has 5 nitrogen and oxygen atoms in total. The van der Waals surface area contributed by atoms with Gasteiger partial charge in [-0.3, -0.25) is 4.90 Å². The molecular weight excluding hydrogens is 282 g/mol. The van der Waals surface area contributed by atoms with Crippen molar-refractivity contribution in [3.05, 3.63) is 35.9 Å². The number of carbonyl (C=O) groups is 2. The summed E-state index contributed by atoms with van der Waals surface area (Å²) >= 11 is 0. The normalized spacial score (nSPS) is 21.7. The van der Waals surface area contributed by atoms with Crippen LogP contribution in [0.3, 0.4) is 0 Å². The fourth-order valence-corrected chi connectivity index (χ4v) is 2.85. The fourth-order valence-electron chi connectivity index (χ4n) is 2.85. The minimum absolute atomic E-state index is 0.163. The Balaban J connectivity index is 1.97. The molecule has 2 rings (SSSR count). The second kappa shape index (κ2) is 7.29. The number of nitrogens with zero attached hydrogens (tertiary/aromatic N) is 1. The molecule has 1 aromatic rings. The summed E-state index contributed by atoms with van der Waals surface area (Å²) in [6, 6.07) is 8.58. The highest BCUT2D eigenvalue weighted by atomic mass is 16.6. The molecule has 5 heteroatoms. The Bertz CT molecular complexity index is 515. The lowest BCUT2D eigenvalue weighted by atomic mass is 9.83. The number of piperidine rings is 1. The quantitative estimate of drug-likeness (QED) is 0.928. The summed E-state index contributed by atoms with van der Waals surface area (Å²) in [7, 11) is 0. The molecule has 22 heavy (non-hydrogen) atoms. The number of carboxylic acid groups (broad SMARTS) is 1. The summed E-state index contributed by atoms with van der Waals surface area (Å²) in [6.07, 6.45) is 0.772. The lowest BCUT2D eigenvalue weighted by Gasteiger charge is -2.37. The average Bonchev–Trinajstić information content (AvgIpc) is 2.52. The van der Waals surface area contributed by atoms with E-state index >= 15 is 0 Å². The van der Waals surface area contributed by atoms with Crippen LogP contribution < -0.4 is 0 Å². The Morgan fingerprint density at radius 1 is 1.32 bits per heavy atom. The van der Waals surface area contributed by atoms with Crippen molar-refractivity contribution in [1.82, 2.24) is 4.90 Å². The van der Waals surface area contributed by atoms with E-state index in [2.05, 4.69) is 13.8 Å². The molecule has 0 aliphatic carbocycles. The molecule has 1 amide bonds. The van der Waals surface area contributed by atoms with Gasteiger partial charge in [-0.1, -0.05) is 44.2 Å². The number of amides is 1. The predicted octanol–water partition coefficient (Wildman–Crippen LogP) is 3.14. The molecule has 2 atom stereocenters. The van der Waals surface area contributed by atoms with Crippen molar-refractivity contribution >= 4 is 12.1 Å². The molecule has 1 N–H and O–H groups in total. The van der Waals surface area contributed by atoms with Gasteiger partial charge >= 0.3 is 12.1 Å². The fraction of sp³-hybridized carbons (Fsp3) is 0.529. The Morgan fingerprint density at radius 3 is 2.59 bits per heavy atom. The van der Waals surface area contributed by atoms with E-state index in [-0.39, 0.29) is 6.61 Å². The molecule has 0 saturated carbocycles. The molecular formula is C17H23NO4. The van der Waals surface area contributed by atoms with Gasteiger partial charge in [-0.2, -0.15) is 0 Å². The summed E-state index contributed by atoms with van der Waals surface area (Å²) in [5.74, 6) is -0.203. The maximum Gasteiger partial charge on any atom is 0.410 e. The molecule has 1 fully saturated rings. The van der Waals surface area contributed by atoms with Crippen LogP contribution in [0.5, 0.6) is 0 Å². The highest BCUT2D eigenvalue weighted by Crippen LogP contribution is 2.29. The first-order valence-corrected chi connectivity index (χ1v) is 7.69. The standard InChI is InChI=1S/C17H23NO4/c1-12(2)14-8-9-18(15(10-14)16(19)20)17(21)22-11-13-6-4-3-5-7-13/h3-7,12,14-15H,8-11H2,1-2H3,(H,19,20)/t14-,15+/m1/s1. The average molecular weight is 305 g/mol. The molecule has 0 radical (unpaired) electrons. The highest BCUT2D eigenvalue weighted by molar-refractivity contribution is 5.80. The second-order valence-corrected chi connectivity index (χ2v) is 6.12. The molecule has 0 bridgehead atoms. The molecule has 1 aliphatic heterocycles. The summed E-state index contributed by atoms with van der Waals surface area (Å²) in [4.78, 5) is 25.0. The second-order valence-electron chi connectivity index (χ2n) is 6.12. The van der Waals surface area contributed by atoms with E-state index in [1.807, 2.05) is 30.3 Å². The molecule has 1 aromatic carbocycles. The van der Waals surface area contributed by atoms with Crippen molar-refractivity contribution in [1.29, 1.82) is 0 Å². The first-order valence-electron chi connectivity index (χ1n) is 7.69. The number of benzene rings is 1. The maximum absolute atomic E-state index is 12.2. The molecule has 0 unspecified atom stereocenters. The SMILES string of the molecule is CC(C)[C@@H]1CCN(C(=O)OCc2ccccc2)[C@H](C(=O)O)C1. The van der Waals surface area contributed by atoms with Gasteiger partial charge in [0.15, 0.2) is 0 Å². The molecule has 120 valence electrons. The van der Waals surface area contributed by atoms with Gasteiger partial charge in [-0.15, -0.1) is 0 Å².